The van der Waals surface area contributed by atoms with Crippen LogP contribution in [0.3, 0.4) is 0 Å². The first kappa shape index (κ1) is 14.8. The number of aromatic nitrogens is 1. The summed E-state index contributed by atoms with van der Waals surface area (Å²) in [4.78, 5) is 27.4. The van der Waals surface area contributed by atoms with Crippen molar-refractivity contribution in [2.75, 3.05) is 14.2 Å². The Hall–Kier alpha value is -3.08. The molecule has 1 aromatic heterocycles. The van der Waals surface area contributed by atoms with Gasteiger partial charge in [0.2, 0.25) is 0 Å². The van der Waals surface area contributed by atoms with E-state index in [1.807, 2.05) is 30.3 Å². The molecule has 2 aromatic carbocycles. The molecule has 0 atom stereocenters. The third-order valence-corrected chi connectivity index (χ3v) is 3.68. The van der Waals surface area contributed by atoms with Crippen LogP contribution in [0.15, 0.2) is 48.5 Å². The van der Waals surface area contributed by atoms with Crippen LogP contribution in [0.2, 0.25) is 0 Å². The number of H-pyrrole nitrogens is 1. The molecule has 5 nitrogen and oxygen atoms in total. The van der Waals surface area contributed by atoms with Crippen LogP contribution < -0.4 is 4.74 Å². The number of esters is 1. The molecule has 0 amide bonds. The maximum absolute atomic E-state index is 12.4. The Morgan fingerprint density at radius 1 is 0.957 bits per heavy atom. The number of hydrogen-bond donors (Lipinski definition) is 1. The van der Waals surface area contributed by atoms with Crippen LogP contribution in [0.25, 0.3) is 22.2 Å². The minimum absolute atomic E-state index is 0.317. The maximum Gasteiger partial charge on any atom is 0.379 e. The molecule has 1 heterocycles. The molecule has 0 aliphatic rings. The second kappa shape index (κ2) is 5.96. The number of nitrogens with one attached hydrogen (secondary N) is 1. The number of carbonyl (C=O) groups is 2. The molecule has 3 rings (SSSR count). The van der Waals surface area contributed by atoms with Gasteiger partial charge in [-0.2, -0.15) is 0 Å². The van der Waals surface area contributed by atoms with Crippen LogP contribution >= 0.6 is 0 Å². The monoisotopic (exact) mass is 309 g/mol. The van der Waals surface area contributed by atoms with E-state index < -0.39 is 11.8 Å². The van der Waals surface area contributed by atoms with E-state index >= 15 is 0 Å². The zero-order valence-electron chi connectivity index (χ0n) is 12.8. The third kappa shape index (κ3) is 2.57. The molecule has 0 saturated heterocycles. The Morgan fingerprint density at radius 2 is 1.65 bits per heavy atom. The first-order chi connectivity index (χ1) is 11.2. The Balaban J connectivity index is 2.22. The van der Waals surface area contributed by atoms with Gasteiger partial charge in [0.1, 0.15) is 5.75 Å². The predicted octanol–water partition coefficient (Wildman–Crippen LogP) is 3.20. The number of benzene rings is 2. The molecule has 5 heteroatoms. The highest BCUT2D eigenvalue weighted by atomic mass is 16.5. The lowest BCUT2D eigenvalue weighted by molar-refractivity contribution is -0.135. The number of methoxy groups -OCH3 is 2. The summed E-state index contributed by atoms with van der Waals surface area (Å²) in [7, 11) is 2.78. The summed E-state index contributed by atoms with van der Waals surface area (Å²) in [5.74, 6) is -0.842. The summed E-state index contributed by atoms with van der Waals surface area (Å²) in [5, 5.41) is 0.689. The van der Waals surface area contributed by atoms with E-state index in [-0.39, 0.29) is 0 Å². The smallest absolute Gasteiger partial charge is 0.379 e. The van der Waals surface area contributed by atoms with Crippen molar-refractivity contribution in [3.05, 3.63) is 54.1 Å². The van der Waals surface area contributed by atoms with Gasteiger partial charge in [-0.3, -0.25) is 4.79 Å². The number of para-hydroxylation sites is 1. The van der Waals surface area contributed by atoms with Gasteiger partial charge in [-0.15, -0.1) is 0 Å². The van der Waals surface area contributed by atoms with Crippen molar-refractivity contribution in [2.24, 2.45) is 0 Å². The minimum atomic E-state index is -0.885. The summed E-state index contributed by atoms with van der Waals surface area (Å²) in [6.07, 6.45) is 0. The van der Waals surface area contributed by atoms with Gasteiger partial charge in [-0.05, 0) is 35.9 Å². The summed E-state index contributed by atoms with van der Waals surface area (Å²) in [6, 6.07) is 14.6. The van der Waals surface area contributed by atoms with E-state index in [2.05, 4.69) is 9.72 Å². The van der Waals surface area contributed by atoms with Crippen LogP contribution in [-0.4, -0.2) is 31.0 Å². The second-order valence-corrected chi connectivity index (χ2v) is 4.97. The topological polar surface area (TPSA) is 68.4 Å². The van der Waals surface area contributed by atoms with Crippen molar-refractivity contribution < 1.29 is 19.1 Å². The highest BCUT2D eigenvalue weighted by Crippen LogP contribution is 2.31. The van der Waals surface area contributed by atoms with Gasteiger partial charge in [0.25, 0.3) is 5.78 Å². The first-order valence-corrected chi connectivity index (χ1v) is 7.03. The molecule has 3 aromatic rings. The summed E-state index contributed by atoms with van der Waals surface area (Å²) in [5.41, 5.74) is 2.47. The molecule has 0 saturated carbocycles. The van der Waals surface area contributed by atoms with Gasteiger partial charge in [-0.1, -0.05) is 18.2 Å². The lowest BCUT2D eigenvalue weighted by Gasteiger charge is -2.05. The van der Waals surface area contributed by atoms with Crippen molar-refractivity contribution in [3.8, 4) is 17.0 Å². The predicted molar refractivity (Wildman–Crippen MR) is 86.6 cm³/mol. The fourth-order valence-electron chi connectivity index (χ4n) is 2.55. The molecule has 0 spiro atoms. The first-order valence-electron chi connectivity index (χ1n) is 7.03. The highest BCUT2D eigenvalue weighted by molar-refractivity contribution is 6.44. The van der Waals surface area contributed by atoms with Gasteiger partial charge in [-0.25, -0.2) is 4.79 Å². The number of fused-ring (bicyclic) bond motifs is 1. The molecule has 0 aliphatic carbocycles. The fourth-order valence-corrected chi connectivity index (χ4v) is 2.55. The van der Waals surface area contributed by atoms with Crippen LogP contribution in [0, 0.1) is 0 Å². The number of carbonyl (C=O) groups excluding carboxylic acids is 2. The fraction of sp³-hybridized carbons (Fsp3) is 0.111. The van der Waals surface area contributed by atoms with E-state index in [9.17, 15) is 9.59 Å². The average Bonchev–Trinajstić information content (AvgIpc) is 2.99. The summed E-state index contributed by atoms with van der Waals surface area (Å²) < 4.78 is 9.74. The molecule has 0 unspecified atom stereocenters. The van der Waals surface area contributed by atoms with Gasteiger partial charge in [0, 0.05) is 10.9 Å². The minimum Gasteiger partial charge on any atom is -0.497 e. The molecule has 1 N–H and O–H groups in total. The molecular weight excluding hydrogens is 294 g/mol. The van der Waals surface area contributed by atoms with Crippen LogP contribution in [0.1, 0.15) is 10.4 Å². The van der Waals surface area contributed by atoms with E-state index in [4.69, 9.17) is 4.74 Å². The van der Waals surface area contributed by atoms with E-state index in [0.29, 0.717) is 22.4 Å². The number of Topliss-reactive ketones (excluding diaryl/α,β-unsaturated/α-hetero) is 1. The van der Waals surface area contributed by atoms with Gasteiger partial charge in [0.05, 0.1) is 25.5 Å². The highest BCUT2D eigenvalue weighted by Gasteiger charge is 2.25. The van der Waals surface area contributed by atoms with Crippen molar-refractivity contribution in [3.63, 3.8) is 0 Å². The van der Waals surface area contributed by atoms with Crippen molar-refractivity contribution in [1.82, 2.24) is 4.98 Å². The summed E-state index contributed by atoms with van der Waals surface area (Å²) >= 11 is 0. The Labute approximate surface area is 132 Å². The standard InChI is InChI=1S/C18H15NO4/c1-22-12-9-7-11(8-10-12)16-15(17(20)18(21)23-2)13-5-3-4-6-14(13)19-16/h3-10,19H,1-2H3. The Morgan fingerprint density at radius 3 is 2.30 bits per heavy atom. The quantitative estimate of drug-likeness (QED) is 0.456. The number of hydrogen-bond acceptors (Lipinski definition) is 4. The van der Waals surface area contributed by atoms with E-state index in [1.54, 1.807) is 25.3 Å². The van der Waals surface area contributed by atoms with Crippen LogP contribution in [0.4, 0.5) is 0 Å². The third-order valence-electron chi connectivity index (χ3n) is 3.68. The van der Waals surface area contributed by atoms with Crippen LogP contribution in [0.5, 0.6) is 5.75 Å². The number of rotatable bonds is 4. The van der Waals surface area contributed by atoms with Crippen LogP contribution in [-0.2, 0) is 9.53 Å². The molecular formula is C18H15NO4. The summed E-state index contributed by atoms with van der Waals surface area (Å²) in [6.45, 7) is 0. The number of aromatic amines is 1. The lowest BCUT2D eigenvalue weighted by Crippen LogP contribution is -2.16. The number of ether oxygens (including phenoxy) is 2. The largest absolute Gasteiger partial charge is 0.497 e. The van der Waals surface area contributed by atoms with Gasteiger partial charge in [0.15, 0.2) is 0 Å². The van der Waals surface area contributed by atoms with E-state index in [1.165, 1.54) is 7.11 Å². The lowest BCUT2D eigenvalue weighted by atomic mass is 10.0. The molecule has 0 bridgehead atoms. The molecule has 116 valence electrons. The molecule has 0 aliphatic heterocycles. The Bertz CT molecular complexity index is 878. The van der Waals surface area contributed by atoms with Gasteiger partial charge >= 0.3 is 5.97 Å². The Kier molecular flexibility index (Phi) is 3.85. The molecule has 0 radical (unpaired) electrons. The number of ketones is 1. The normalized spacial score (nSPS) is 10.5. The van der Waals surface area contributed by atoms with Gasteiger partial charge < -0.3 is 14.5 Å². The van der Waals surface area contributed by atoms with Crippen molar-refractivity contribution in [2.45, 2.75) is 0 Å². The molecule has 0 fully saturated rings. The SMILES string of the molecule is COC(=O)C(=O)c1c(-c2ccc(OC)cc2)[nH]c2ccccc12. The average molecular weight is 309 g/mol. The zero-order chi connectivity index (χ0) is 16.4. The van der Waals surface area contributed by atoms with Crippen molar-refractivity contribution >= 4 is 22.7 Å². The van der Waals surface area contributed by atoms with E-state index in [0.717, 1.165) is 11.1 Å². The molecule has 23 heavy (non-hydrogen) atoms. The second-order valence-electron chi connectivity index (χ2n) is 4.97. The zero-order valence-corrected chi connectivity index (χ0v) is 12.8. The van der Waals surface area contributed by atoms with Crippen molar-refractivity contribution in [1.29, 1.82) is 0 Å². The maximum atomic E-state index is 12.4.